The molecule has 0 bridgehead atoms. The van der Waals surface area contributed by atoms with Gasteiger partial charge in [-0.05, 0) is 25.1 Å². The van der Waals surface area contributed by atoms with Gasteiger partial charge in [0.2, 0.25) is 5.91 Å². The first-order chi connectivity index (χ1) is 9.67. The number of amides is 1. The molecule has 0 saturated heterocycles. The molecule has 0 radical (unpaired) electrons. The molecular formula is C15H22N4O. The number of hydrogen-bond donors (Lipinski definition) is 1. The molecule has 0 aliphatic carbocycles. The van der Waals surface area contributed by atoms with Crippen LogP contribution in [0.3, 0.4) is 0 Å². The average molecular weight is 274 g/mol. The minimum absolute atomic E-state index is 0.0938. The number of rotatable bonds is 6. The van der Waals surface area contributed by atoms with Gasteiger partial charge in [-0.1, -0.05) is 19.1 Å². The Bertz CT molecular complexity index is 591. The number of nitrogens with zero attached hydrogens (tertiary/aromatic N) is 3. The number of aromatic nitrogens is 2. The van der Waals surface area contributed by atoms with Crippen molar-refractivity contribution in [3.8, 4) is 0 Å². The predicted molar refractivity (Wildman–Crippen MR) is 80.4 cm³/mol. The van der Waals surface area contributed by atoms with Gasteiger partial charge in [-0.2, -0.15) is 0 Å². The lowest BCUT2D eigenvalue weighted by atomic mass is 10.3. The highest BCUT2D eigenvalue weighted by Gasteiger charge is 2.14. The van der Waals surface area contributed by atoms with Crippen LogP contribution in [-0.2, 0) is 17.8 Å². The molecule has 2 N–H and O–H groups in total. The summed E-state index contributed by atoms with van der Waals surface area (Å²) in [7, 11) is 1.82. The quantitative estimate of drug-likeness (QED) is 0.866. The predicted octanol–water partition coefficient (Wildman–Crippen LogP) is 1.41. The molecule has 0 fully saturated rings. The van der Waals surface area contributed by atoms with E-state index in [2.05, 4.69) is 11.9 Å². The SMILES string of the molecule is CCc1nc2ccccc2n1CC(=O)N(C)CCCN. The fourth-order valence-electron chi connectivity index (χ4n) is 2.28. The lowest BCUT2D eigenvalue weighted by Crippen LogP contribution is -2.32. The monoisotopic (exact) mass is 274 g/mol. The summed E-state index contributed by atoms with van der Waals surface area (Å²) in [6, 6.07) is 7.93. The number of hydrogen-bond acceptors (Lipinski definition) is 3. The van der Waals surface area contributed by atoms with Crippen LogP contribution in [0.5, 0.6) is 0 Å². The van der Waals surface area contributed by atoms with Crippen molar-refractivity contribution in [3.05, 3.63) is 30.1 Å². The molecule has 0 unspecified atom stereocenters. The smallest absolute Gasteiger partial charge is 0.242 e. The van der Waals surface area contributed by atoms with Crippen LogP contribution in [0.25, 0.3) is 11.0 Å². The van der Waals surface area contributed by atoms with Gasteiger partial charge < -0.3 is 15.2 Å². The molecule has 0 aliphatic heterocycles. The van der Waals surface area contributed by atoms with Crippen LogP contribution in [-0.4, -0.2) is 40.5 Å². The van der Waals surface area contributed by atoms with Crippen LogP contribution < -0.4 is 5.73 Å². The number of benzene rings is 1. The molecule has 20 heavy (non-hydrogen) atoms. The van der Waals surface area contributed by atoms with Crippen LogP contribution in [0.4, 0.5) is 0 Å². The van der Waals surface area contributed by atoms with Crippen LogP contribution in [0.15, 0.2) is 24.3 Å². The van der Waals surface area contributed by atoms with E-state index < -0.39 is 0 Å². The average Bonchev–Trinajstić information content (AvgIpc) is 2.82. The van der Waals surface area contributed by atoms with Gasteiger partial charge in [0.1, 0.15) is 12.4 Å². The van der Waals surface area contributed by atoms with E-state index in [9.17, 15) is 4.79 Å². The number of aryl methyl sites for hydroxylation is 1. The summed E-state index contributed by atoms with van der Waals surface area (Å²) in [5.41, 5.74) is 7.44. The topological polar surface area (TPSA) is 64.2 Å². The zero-order valence-corrected chi connectivity index (χ0v) is 12.2. The van der Waals surface area contributed by atoms with Crippen molar-refractivity contribution in [2.24, 2.45) is 5.73 Å². The largest absolute Gasteiger partial charge is 0.344 e. The maximum atomic E-state index is 12.3. The first kappa shape index (κ1) is 14.5. The lowest BCUT2D eigenvalue weighted by Gasteiger charge is -2.18. The number of imidazole rings is 1. The number of fused-ring (bicyclic) bond motifs is 1. The number of nitrogens with two attached hydrogens (primary N) is 1. The standard InChI is InChI=1S/C15H22N4O/c1-3-14-17-12-7-4-5-8-13(12)19(14)11-15(20)18(2)10-6-9-16/h4-5,7-8H,3,6,9-11,16H2,1-2H3. The van der Waals surface area contributed by atoms with E-state index in [-0.39, 0.29) is 5.91 Å². The molecule has 1 heterocycles. The third-order valence-electron chi connectivity index (χ3n) is 3.47. The molecule has 0 saturated carbocycles. The highest BCUT2D eigenvalue weighted by molar-refractivity contribution is 5.81. The minimum atomic E-state index is 0.0938. The molecule has 2 rings (SSSR count). The van der Waals surface area contributed by atoms with Gasteiger partial charge in [-0.3, -0.25) is 4.79 Å². The zero-order chi connectivity index (χ0) is 14.5. The molecule has 0 aliphatic rings. The maximum absolute atomic E-state index is 12.3. The van der Waals surface area contributed by atoms with Gasteiger partial charge >= 0.3 is 0 Å². The third kappa shape index (κ3) is 2.99. The van der Waals surface area contributed by atoms with E-state index in [0.29, 0.717) is 19.6 Å². The van der Waals surface area contributed by atoms with E-state index >= 15 is 0 Å². The van der Waals surface area contributed by atoms with Crippen LogP contribution >= 0.6 is 0 Å². The van der Waals surface area contributed by atoms with Crippen LogP contribution in [0, 0.1) is 0 Å². The summed E-state index contributed by atoms with van der Waals surface area (Å²) in [5, 5.41) is 0. The van der Waals surface area contributed by atoms with Gasteiger partial charge in [-0.15, -0.1) is 0 Å². The Hall–Kier alpha value is -1.88. The third-order valence-corrected chi connectivity index (χ3v) is 3.47. The number of carbonyl (C=O) groups is 1. The molecule has 1 aromatic heterocycles. The van der Waals surface area contributed by atoms with E-state index in [1.165, 1.54) is 0 Å². The van der Waals surface area contributed by atoms with Crippen molar-refractivity contribution in [2.45, 2.75) is 26.3 Å². The normalized spacial score (nSPS) is 10.9. The Kier molecular flexibility index (Phi) is 4.74. The molecule has 5 nitrogen and oxygen atoms in total. The summed E-state index contributed by atoms with van der Waals surface area (Å²) in [5.74, 6) is 1.04. The Morgan fingerprint density at radius 2 is 2.15 bits per heavy atom. The van der Waals surface area contributed by atoms with E-state index in [1.807, 2.05) is 35.9 Å². The van der Waals surface area contributed by atoms with Gasteiger partial charge in [0, 0.05) is 20.0 Å². The van der Waals surface area contributed by atoms with Gasteiger partial charge in [0.25, 0.3) is 0 Å². The summed E-state index contributed by atoms with van der Waals surface area (Å²) in [4.78, 5) is 18.6. The van der Waals surface area contributed by atoms with Crippen molar-refractivity contribution in [3.63, 3.8) is 0 Å². The van der Waals surface area contributed by atoms with E-state index in [1.54, 1.807) is 4.90 Å². The first-order valence-electron chi connectivity index (χ1n) is 7.05. The molecule has 1 amide bonds. The molecule has 1 aromatic carbocycles. The summed E-state index contributed by atoms with van der Waals surface area (Å²) >= 11 is 0. The van der Waals surface area contributed by atoms with Gasteiger partial charge in [0.15, 0.2) is 0 Å². The molecule has 108 valence electrons. The lowest BCUT2D eigenvalue weighted by molar-refractivity contribution is -0.130. The van der Waals surface area contributed by atoms with Gasteiger partial charge in [0.05, 0.1) is 11.0 Å². The Morgan fingerprint density at radius 3 is 2.85 bits per heavy atom. The van der Waals surface area contributed by atoms with Crippen LogP contribution in [0.2, 0.25) is 0 Å². The van der Waals surface area contributed by atoms with Gasteiger partial charge in [-0.25, -0.2) is 4.98 Å². The number of para-hydroxylation sites is 2. The Morgan fingerprint density at radius 1 is 1.40 bits per heavy atom. The molecule has 0 spiro atoms. The fourth-order valence-corrected chi connectivity index (χ4v) is 2.28. The fraction of sp³-hybridized carbons (Fsp3) is 0.467. The first-order valence-corrected chi connectivity index (χ1v) is 7.05. The summed E-state index contributed by atoms with van der Waals surface area (Å²) < 4.78 is 2.01. The second-order valence-electron chi connectivity index (χ2n) is 4.91. The van der Waals surface area contributed by atoms with Crippen molar-refractivity contribution in [2.75, 3.05) is 20.1 Å². The highest BCUT2D eigenvalue weighted by Crippen LogP contribution is 2.16. The van der Waals surface area contributed by atoms with Crippen molar-refractivity contribution in [1.29, 1.82) is 0 Å². The van der Waals surface area contributed by atoms with Crippen molar-refractivity contribution >= 4 is 16.9 Å². The number of likely N-dealkylation sites (N-methyl/N-ethyl adjacent to an activating group) is 1. The van der Waals surface area contributed by atoms with Crippen molar-refractivity contribution in [1.82, 2.24) is 14.5 Å². The molecular weight excluding hydrogens is 252 g/mol. The summed E-state index contributed by atoms with van der Waals surface area (Å²) in [6.45, 7) is 3.69. The second-order valence-corrected chi connectivity index (χ2v) is 4.91. The van der Waals surface area contributed by atoms with Crippen molar-refractivity contribution < 1.29 is 4.79 Å². The molecule has 0 atom stereocenters. The van der Waals surface area contributed by atoms with E-state index in [0.717, 1.165) is 29.7 Å². The second kappa shape index (κ2) is 6.52. The molecule has 5 heteroatoms. The van der Waals surface area contributed by atoms with E-state index in [4.69, 9.17) is 5.73 Å². The zero-order valence-electron chi connectivity index (χ0n) is 12.2. The molecule has 2 aromatic rings. The minimum Gasteiger partial charge on any atom is -0.344 e. The highest BCUT2D eigenvalue weighted by atomic mass is 16.2. The Balaban J connectivity index is 2.22. The van der Waals surface area contributed by atoms with Crippen LogP contribution in [0.1, 0.15) is 19.2 Å². The maximum Gasteiger partial charge on any atom is 0.242 e. The summed E-state index contributed by atoms with van der Waals surface area (Å²) in [6.07, 6.45) is 1.64. The number of carbonyl (C=O) groups excluding carboxylic acids is 1. The Labute approximate surface area is 119 Å².